The van der Waals surface area contributed by atoms with Gasteiger partial charge in [-0.1, -0.05) is 6.07 Å². The second-order valence-electron chi connectivity index (χ2n) is 4.27. The van der Waals surface area contributed by atoms with E-state index in [0.29, 0.717) is 6.54 Å². The fourth-order valence-corrected chi connectivity index (χ4v) is 2.01. The van der Waals surface area contributed by atoms with Gasteiger partial charge in [-0.15, -0.1) is 0 Å². The van der Waals surface area contributed by atoms with Crippen molar-refractivity contribution in [1.29, 1.82) is 0 Å². The molecule has 3 rings (SSSR count). The topological polar surface area (TPSA) is 54.8 Å². The third-order valence-electron chi connectivity index (χ3n) is 2.90. The Morgan fingerprint density at radius 1 is 1.05 bits per heavy atom. The molecule has 0 saturated heterocycles. The van der Waals surface area contributed by atoms with E-state index in [4.69, 9.17) is 0 Å². The third-order valence-corrected chi connectivity index (χ3v) is 2.90. The molecule has 0 N–H and O–H groups in total. The van der Waals surface area contributed by atoms with Crippen LogP contribution in [0.25, 0.3) is 10.9 Å². The number of anilines is 1. The molecule has 0 aromatic carbocycles. The lowest BCUT2D eigenvalue weighted by atomic mass is 10.2. The number of hydrogen-bond acceptors (Lipinski definition) is 5. The average Bonchev–Trinajstić information content (AvgIpc) is 2.47. The van der Waals surface area contributed by atoms with E-state index in [0.717, 1.165) is 22.4 Å². The summed E-state index contributed by atoms with van der Waals surface area (Å²) >= 11 is 0. The molecule has 0 spiro atoms. The molecular weight excluding hydrogens is 238 g/mol. The fourth-order valence-electron chi connectivity index (χ4n) is 2.01. The predicted octanol–water partition coefficient (Wildman–Crippen LogP) is 2.06. The van der Waals surface area contributed by atoms with Crippen LogP contribution in [0.3, 0.4) is 0 Å². The van der Waals surface area contributed by atoms with Crippen LogP contribution in [-0.2, 0) is 6.54 Å². The van der Waals surface area contributed by atoms with Gasteiger partial charge in [0.2, 0.25) is 0 Å². The van der Waals surface area contributed by atoms with Crippen LogP contribution in [0, 0.1) is 0 Å². The van der Waals surface area contributed by atoms with Crippen LogP contribution in [0.2, 0.25) is 0 Å². The first kappa shape index (κ1) is 11.5. The van der Waals surface area contributed by atoms with E-state index in [-0.39, 0.29) is 0 Å². The van der Waals surface area contributed by atoms with Crippen molar-refractivity contribution in [1.82, 2.24) is 19.9 Å². The van der Waals surface area contributed by atoms with Crippen LogP contribution in [-0.4, -0.2) is 27.0 Å². The molecule has 3 aromatic heterocycles. The summed E-state index contributed by atoms with van der Waals surface area (Å²) in [5.74, 6) is 0.887. The minimum Gasteiger partial charge on any atom is -0.353 e. The van der Waals surface area contributed by atoms with E-state index in [1.807, 2.05) is 31.3 Å². The summed E-state index contributed by atoms with van der Waals surface area (Å²) < 4.78 is 0. The van der Waals surface area contributed by atoms with E-state index >= 15 is 0 Å². The van der Waals surface area contributed by atoms with Crippen LogP contribution in [0.1, 0.15) is 5.69 Å². The number of aromatic nitrogens is 4. The Balaban J connectivity index is 1.96. The van der Waals surface area contributed by atoms with Gasteiger partial charge in [0, 0.05) is 24.8 Å². The van der Waals surface area contributed by atoms with Crippen molar-refractivity contribution in [3.63, 3.8) is 0 Å². The number of fused-ring (bicyclic) bond motifs is 1. The Labute approximate surface area is 111 Å². The van der Waals surface area contributed by atoms with Crippen LogP contribution in [0.15, 0.2) is 49.2 Å². The zero-order valence-corrected chi connectivity index (χ0v) is 10.6. The van der Waals surface area contributed by atoms with Gasteiger partial charge in [0.05, 0.1) is 24.0 Å². The van der Waals surface area contributed by atoms with E-state index in [9.17, 15) is 0 Å². The van der Waals surface area contributed by atoms with Gasteiger partial charge in [-0.2, -0.15) is 0 Å². The van der Waals surface area contributed by atoms with Crippen molar-refractivity contribution in [2.45, 2.75) is 6.54 Å². The molecule has 0 saturated carbocycles. The molecule has 0 unspecified atom stereocenters. The smallest absolute Gasteiger partial charge is 0.140 e. The van der Waals surface area contributed by atoms with Crippen LogP contribution in [0.5, 0.6) is 0 Å². The summed E-state index contributed by atoms with van der Waals surface area (Å²) in [7, 11) is 2.00. The summed E-state index contributed by atoms with van der Waals surface area (Å²) in [4.78, 5) is 19.0. The lowest BCUT2D eigenvalue weighted by Gasteiger charge is -2.18. The summed E-state index contributed by atoms with van der Waals surface area (Å²) in [6.07, 6.45) is 6.86. The molecule has 0 bridgehead atoms. The molecule has 5 nitrogen and oxygen atoms in total. The summed E-state index contributed by atoms with van der Waals surface area (Å²) in [6.45, 7) is 0.704. The number of hydrogen-bond donors (Lipinski definition) is 0. The predicted molar refractivity (Wildman–Crippen MR) is 73.7 cm³/mol. The molecule has 5 heteroatoms. The van der Waals surface area contributed by atoms with E-state index in [2.05, 4.69) is 24.8 Å². The molecule has 0 atom stereocenters. The van der Waals surface area contributed by atoms with Crippen molar-refractivity contribution < 1.29 is 0 Å². The third kappa shape index (κ3) is 2.35. The minimum absolute atomic E-state index is 0.704. The van der Waals surface area contributed by atoms with Crippen LogP contribution in [0.4, 0.5) is 5.82 Å². The van der Waals surface area contributed by atoms with Crippen molar-refractivity contribution in [2.24, 2.45) is 0 Å². The van der Waals surface area contributed by atoms with Gasteiger partial charge in [-0.25, -0.2) is 9.97 Å². The number of rotatable bonds is 3. The Morgan fingerprint density at radius 2 is 2.00 bits per heavy atom. The largest absolute Gasteiger partial charge is 0.353 e. The number of nitrogens with zero attached hydrogens (tertiary/aromatic N) is 5. The number of pyridine rings is 2. The minimum atomic E-state index is 0.704. The molecule has 0 radical (unpaired) electrons. The lowest BCUT2D eigenvalue weighted by Crippen LogP contribution is -2.18. The van der Waals surface area contributed by atoms with Crippen molar-refractivity contribution in [2.75, 3.05) is 11.9 Å². The average molecular weight is 251 g/mol. The molecule has 94 valence electrons. The fraction of sp³-hybridized carbons (Fsp3) is 0.143. The first-order chi connectivity index (χ1) is 9.34. The van der Waals surface area contributed by atoms with Gasteiger partial charge >= 0.3 is 0 Å². The summed E-state index contributed by atoms with van der Waals surface area (Å²) in [6, 6.07) is 7.83. The highest BCUT2D eigenvalue weighted by atomic mass is 15.2. The van der Waals surface area contributed by atoms with Gasteiger partial charge in [0.1, 0.15) is 12.1 Å². The molecule has 0 aliphatic heterocycles. The standard InChI is InChI=1S/C14H13N5/c1-19(9-11-4-2-3-6-16-11)14-12-5-7-15-8-13(12)17-10-18-14/h2-8,10H,9H2,1H3. The van der Waals surface area contributed by atoms with Gasteiger partial charge in [0.25, 0.3) is 0 Å². The molecule has 19 heavy (non-hydrogen) atoms. The van der Waals surface area contributed by atoms with E-state index in [1.54, 1.807) is 24.9 Å². The molecule has 3 heterocycles. The molecule has 0 aliphatic carbocycles. The zero-order chi connectivity index (χ0) is 13.1. The van der Waals surface area contributed by atoms with Crippen molar-refractivity contribution in [3.05, 3.63) is 54.9 Å². The maximum absolute atomic E-state index is 4.36. The van der Waals surface area contributed by atoms with E-state index < -0.39 is 0 Å². The second-order valence-corrected chi connectivity index (χ2v) is 4.27. The summed E-state index contributed by atoms with van der Waals surface area (Å²) in [5, 5.41) is 0.996. The maximum Gasteiger partial charge on any atom is 0.140 e. The normalized spacial score (nSPS) is 10.6. The van der Waals surface area contributed by atoms with Gasteiger partial charge in [-0.05, 0) is 18.2 Å². The highest BCUT2D eigenvalue weighted by molar-refractivity contribution is 5.88. The van der Waals surface area contributed by atoms with Crippen molar-refractivity contribution in [3.8, 4) is 0 Å². The molecular formula is C14H13N5. The van der Waals surface area contributed by atoms with Gasteiger partial charge in [0.15, 0.2) is 0 Å². The zero-order valence-electron chi connectivity index (χ0n) is 10.6. The lowest BCUT2D eigenvalue weighted by molar-refractivity contribution is 0.868. The van der Waals surface area contributed by atoms with Gasteiger partial charge in [-0.3, -0.25) is 9.97 Å². The summed E-state index contributed by atoms with van der Waals surface area (Å²) in [5.41, 5.74) is 1.85. The second kappa shape index (κ2) is 4.97. The molecule has 0 fully saturated rings. The Bertz CT molecular complexity index is 678. The van der Waals surface area contributed by atoms with E-state index in [1.165, 1.54) is 0 Å². The van der Waals surface area contributed by atoms with Gasteiger partial charge < -0.3 is 4.90 Å². The first-order valence-corrected chi connectivity index (χ1v) is 6.00. The Hall–Kier alpha value is -2.56. The van der Waals surface area contributed by atoms with Crippen LogP contribution < -0.4 is 4.90 Å². The Kier molecular flexibility index (Phi) is 3.02. The van der Waals surface area contributed by atoms with Crippen LogP contribution >= 0.6 is 0 Å². The monoisotopic (exact) mass is 251 g/mol. The SMILES string of the molecule is CN(Cc1ccccn1)c1ncnc2cnccc12. The molecule has 3 aromatic rings. The molecule has 0 aliphatic rings. The highest BCUT2D eigenvalue weighted by Gasteiger charge is 2.09. The maximum atomic E-state index is 4.36. The first-order valence-electron chi connectivity index (χ1n) is 6.00. The Morgan fingerprint density at radius 3 is 2.84 bits per heavy atom. The quantitative estimate of drug-likeness (QED) is 0.713. The van der Waals surface area contributed by atoms with Crippen molar-refractivity contribution >= 4 is 16.7 Å². The highest BCUT2D eigenvalue weighted by Crippen LogP contribution is 2.21. The molecule has 0 amide bonds.